The molecule has 18 heavy (non-hydrogen) atoms. The van der Waals surface area contributed by atoms with Crippen LogP contribution in [0.5, 0.6) is 0 Å². The van der Waals surface area contributed by atoms with Crippen molar-refractivity contribution < 1.29 is 9.53 Å². The van der Waals surface area contributed by atoms with Crippen molar-refractivity contribution in [3.8, 4) is 0 Å². The highest BCUT2D eigenvalue weighted by Crippen LogP contribution is 2.25. The third-order valence-electron chi connectivity index (χ3n) is 4.24. The molecule has 1 rings (SSSR count). The number of carbonyl (C=O) groups excluding carboxylic acids is 1. The van der Waals surface area contributed by atoms with Gasteiger partial charge in [0.05, 0.1) is 11.5 Å². The van der Waals surface area contributed by atoms with E-state index in [0.717, 1.165) is 38.7 Å². The Bertz CT molecular complexity index is 250. The summed E-state index contributed by atoms with van der Waals surface area (Å²) in [5.74, 6) is 0.0977. The Hall–Kier alpha value is -0.610. The van der Waals surface area contributed by atoms with Gasteiger partial charge in [-0.1, -0.05) is 13.8 Å². The van der Waals surface area contributed by atoms with Gasteiger partial charge in [-0.05, 0) is 39.0 Å². The molecule has 1 heterocycles. The molecule has 0 aliphatic carbocycles. The number of carbonyl (C=O) groups is 1. The molecule has 0 bridgehead atoms. The van der Waals surface area contributed by atoms with E-state index in [9.17, 15) is 4.79 Å². The molecule has 2 atom stereocenters. The summed E-state index contributed by atoms with van der Waals surface area (Å²) in [6.45, 7) is 7.38. The first-order valence-corrected chi connectivity index (χ1v) is 7.20. The molecular weight excluding hydrogens is 228 g/mol. The molecule has 0 aromatic rings. The first-order valence-electron chi connectivity index (χ1n) is 7.20. The molecule has 1 saturated heterocycles. The molecule has 4 heteroatoms. The Morgan fingerprint density at radius 3 is 2.61 bits per heavy atom. The Morgan fingerprint density at radius 1 is 1.50 bits per heavy atom. The Balaban J connectivity index is 2.46. The van der Waals surface area contributed by atoms with Gasteiger partial charge in [0.2, 0.25) is 5.91 Å². The molecule has 0 radical (unpaired) electrons. The van der Waals surface area contributed by atoms with Gasteiger partial charge in [-0.25, -0.2) is 0 Å². The molecular formula is C14H28N2O2. The van der Waals surface area contributed by atoms with Crippen molar-refractivity contribution in [1.82, 2.24) is 5.32 Å². The zero-order valence-electron chi connectivity index (χ0n) is 12.0. The van der Waals surface area contributed by atoms with E-state index >= 15 is 0 Å². The van der Waals surface area contributed by atoms with Gasteiger partial charge >= 0.3 is 0 Å². The van der Waals surface area contributed by atoms with Crippen LogP contribution in [-0.2, 0) is 9.53 Å². The molecule has 106 valence electrons. The Kier molecular flexibility index (Phi) is 6.09. The Morgan fingerprint density at radius 2 is 2.17 bits per heavy atom. The van der Waals surface area contributed by atoms with E-state index in [1.54, 1.807) is 0 Å². The summed E-state index contributed by atoms with van der Waals surface area (Å²) in [6.07, 6.45) is 5.05. The third kappa shape index (κ3) is 3.69. The number of nitrogens with one attached hydrogen (secondary N) is 1. The van der Waals surface area contributed by atoms with E-state index < -0.39 is 5.41 Å². The molecule has 2 unspecified atom stereocenters. The van der Waals surface area contributed by atoms with Crippen molar-refractivity contribution in [3.63, 3.8) is 0 Å². The zero-order valence-corrected chi connectivity index (χ0v) is 12.0. The van der Waals surface area contributed by atoms with E-state index in [1.807, 2.05) is 20.8 Å². The largest absolute Gasteiger partial charge is 0.378 e. The maximum Gasteiger partial charge on any atom is 0.227 e. The highest BCUT2D eigenvalue weighted by molar-refractivity contribution is 5.83. The second-order valence-corrected chi connectivity index (χ2v) is 5.44. The fraction of sp³-hybridized carbons (Fsp3) is 0.929. The zero-order chi connectivity index (χ0) is 13.6. The second kappa shape index (κ2) is 7.10. The summed E-state index contributed by atoms with van der Waals surface area (Å²) in [5.41, 5.74) is 5.39. The van der Waals surface area contributed by atoms with Gasteiger partial charge in [0.1, 0.15) is 0 Å². The van der Waals surface area contributed by atoms with Crippen LogP contribution < -0.4 is 11.1 Å². The van der Waals surface area contributed by atoms with Crippen LogP contribution in [0.3, 0.4) is 0 Å². The highest BCUT2D eigenvalue weighted by atomic mass is 16.5. The van der Waals surface area contributed by atoms with Crippen molar-refractivity contribution in [3.05, 3.63) is 0 Å². The van der Waals surface area contributed by atoms with Crippen molar-refractivity contribution in [1.29, 1.82) is 0 Å². The summed E-state index contributed by atoms with van der Waals surface area (Å²) in [7, 11) is 0. The molecule has 0 saturated carbocycles. The Labute approximate surface area is 111 Å². The van der Waals surface area contributed by atoms with E-state index in [4.69, 9.17) is 10.5 Å². The molecule has 1 aliphatic rings. The lowest BCUT2D eigenvalue weighted by Crippen LogP contribution is -2.48. The van der Waals surface area contributed by atoms with Gasteiger partial charge in [0, 0.05) is 19.2 Å². The van der Waals surface area contributed by atoms with Gasteiger partial charge in [0.15, 0.2) is 0 Å². The average Bonchev–Trinajstić information content (AvgIpc) is 2.84. The maximum absolute atomic E-state index is 12.3. The summed E-state index contributed by atoms with van der Waals surface area (Å²) in [4.78, 5) is 12.3. The van der Waals surface area contributed by atoms with Crippen LogP contribution in [0.4, 0.5) is 0 Å². The fourth-order valence-corrected chi connectivity index (χ4v) is 2.61. The van der Waals surface area contributed by atoms with Crippen LogP contribution in [0.1, 0.15) is 52.9 Å². The first-order chi connectivity index (χ1) is 8.57. The molecule has 0 spiro atoms. The molecule has 3 N–H and O–H groups in total. The van der Waals surface area contributed by atoms with Crippen LogP contribution in [0.15, 0.2) is 0 Å². The first kappa shape index (κ1) is 15.4. The van der Waals surface area contributed by atoms with Crippen LogP contribution in [0, 0.1) is 5.41 Å². The smallest absolute Gasteiger partial charge is 0.227 e. The molecule has 1 amide bonds. The minimum Gasteiger partial charge on any atom is -0.378 e. The normalized spacial score (nSPS) is 21.9. The van der Waals surface area contributed by atoms with Gasteiger partial charge in [-0.15, -0.1) is 0 Å². The monoisotopic (exact) mass is 256 g/mol. The van der Waals surface area contributed by atoms with Crippen LogP contribution in [0.25, 0.3) is 0 Å². The van der Waals surface area contributed by atoms with E-state index in [1.165, 1.54) is 0 Å². The van der Waals surface area contributed by atoms with Crippen LogP contribution in [-0.4, -0.2) is 31.2 Å². The summed E-state index contributed by atoms with van der Waals surface area (Å²) in [6, 6.07) is 0.157. The molecule has 0 aromatic carbocycles. The topological polar surface area (TPSA) is 64.4 Å². The highest BCUT2D eigenvalue weighted by Gasteiger charge is 2.34. The second-order valence-electron chi connectivity index (χ2n) is 5.44. The number of amides is 1. The fourth-order valence-electron chi connectivity index (χ4n) is 2.61. The maximum atomic E-state index is 12.3. The number of ether oxygens (including phenoxy) is 1. The molecule has 4 nitrogen and oxygen atoms in total. The quantitative estimate of drug-likeness (QED) is 0.730. The standard InChI is InChI=1S/C14H28N2O2/c1-4-14(5-2,10-15)13(17)16-11(3)9-12-7-6-8-18-12/h11-12H,4-10,15H2,1-3H3,(H,16,17). The SMILES string of the molecule is CCC(CC)(CN)C(=O)NC(C)CC1CCCO1. The summed E-state index contributed by atoms with van der Waals surface area (Å²) in [5, 5.41) is 3.10. The van der Waals surface area contributed by atoms with Gasteiger partial charge in [0.25, 0.3) is 0 Å². The molecule has 1 fully saturated rings. The molecule has 1 aliphatic heterocycles. The van der Waals surface area contributed by atoms with Crippen LogP contribution >= 0.6 is 0 Å². The predicted octanol–water partition coefficient (Wildman–Crippen LogP) is 1.83. The summed E-state index contributed by atoms with van der Waals surface area (Å²) >= 11 is 0. The number of hydrogen-bond donors (Lipinski definition) is 2. The van der Waals surface area contributed by atoms with E-state index in [-0.39, 0.29) is 11.9 Å². The number of nitrogens with two attached hydrogens (primary N) is 1. The van der Waals surface area contributed by atoms with Gasteiger partial charge < -0.3 is 15.8 Å². The predicted molar refractivity (Wildman–Crippen MR) is 73.3 cm³/mol. The third-order valence-corrected chi connectivity index (χ3v) is 4.24. The average molecular weight is 256 g/mol. The number of hydrogen-bond acceptors (Lipinski definition) is 3. The van der Waals surface area contributed by atoms with Crippen molar-refractivity contribution in [2.24, 2.45) is 11.1 Å². The van der Waals surface area contributed by atoms with Crippen molar-refractivity contribution in [2.45, 2.75) is 65.0 Å². The lowest BCUT2D eigenvalue weighted by molar-refractivity contribution is -0.131. The van der Waals surface area contributed by atoms with Crippen molar-refractivity contribution >= 4 is 5.91 Å². The lowest BCUT2D eigenvalue weighted by Gasteiger charge is -2.30. The minimum absolute atomic E-state index is 0.0977. The van der Waals surface area contributed by atoms with Gasteiger partial charge in [-0.2, -0.15) is 0 Å². The molecule has 0 aromatic heterocycles. The lowest BCUT2D eigenvalue weighted by atomic mass is 9.81. The minimum atomic E-state index is -0.398. The number of rotatable bonds is 7. The van der Waals surface area contributed by atoms with Gasteiger partial charge in [-0.3, -0.25) is 4.79 Å². The van der Waals surface area contributed by atoms with Crippen molar-refractivity contribution in [2.75, 3.05) is 13.2 Å². The van der Waals surface area contributed by atoms with Crippen LogP contribution in [0.2, 0.25) is 0 Å². The van der Waals surface area contributed by atoms with E-state index in [0.29, 0.717) is 12.6 Å². The van der Waals surface area contributed by atoms with E-state index in [2.05, 4.69) is 5.32 Å². The summed E-state index contributed by atoms with van der Waals surface area (Å²) < 4.78 is 5.59.